The molecule has 0 saturated carbocycles. The van der Waals surface area contributed by atoms with Gasteiger partial charge in [0.15, 0.2) is 0 Å². The van der Waals surface area contributed by atoms with Gasteiger partial charge in [-0.05, 0) is 30.5 Å². The molecule has 0 aliphatic carbocycles. The molecule has 0 radical (unpaired) electrons. The lowest BCUT2D eigenvalue weighted by Crippen LogP contribution is -2.03. The van der Waals surface area contributed by atoms with Crippen molar-refractivity contribution in [1.82, 2.24) is 0 Å². The molecule has 0 bridgehead atoms. The summed E-state index contributed by atoms with van der Waals surface area (Å²) in [4.78, 5) is 10.4. The van der Waals surface area contributed by atoms with E-state index in [0.717, 1.165) is 18.4 Å². The smallest absolute Gasteiger partial charge is 0.449 e. The molecule has 0 saturated heterocycles. The van der Waals surface area contributed by atoms with E-state index in [-0.39, 0.29) is 0 Å². The van der Waals surface area contributed by atoms with E-state index in [1.165, 1.54) is 38.5 Å². The Bertz CT molecular complexity index is 374. The van der Waals surface area contributed by atoms with Crippen molar-refractivity contribution in [2.24, 2.45) is 0 Å². The first kappa shape index (κ1) is 15.5. The highest BCUT2D eigenvalue weighted by Crippen LogP contribution is 2.16. The SMILES string of the molecule is CCCCCCCCCc1cccc(OC(=O)O)c1. The van der Waals surface area contributed by atoms with Gasteiger partial charge in [-0.25, -0.2) is 4.79 Å². The molecule has 0 aliphatic rings. The summed E-state index contributed by atoms with van der Waals surface area (Å²) in [6.07, 6.45) is 8.74. The molecule has 0 unspecified atom stereocenters. The summed E-state index contributed by atoms with van der Waals surface area (Å²) in [5, 5.41) is 8.55. The third kappa shape index (κ3) is 7.50. The van der Waals surface area contributed by atoms with E-state index in [0.29, 0.717) is 5.75 Å². The Morgan fingerprint density at radius 2 is 1.79 bits per heavy atom. The summed E-state index contributed by atoms with van der Waals surface area (Å²) >= 11 is 0. The molecule has 0 fully saturated rings. The number of ether oxygens (including phenoxy) is 1. The van der Waals surface area contributed by atoms with Gasteiger partial charge in [-0.2, -0.15) is 0 Å². The number of hydrogen-bond donors (Lipinski definition) is 1. The molecule has 0 aliphatic heterocycles. The minimum Gasteiger partial charge on any atom is -0.449 e. The molecule has 106 valence electrons. The molecule has 1 aromatic rings. The lowest BCUT2D eigenvalue weighted by molar-refractivity contribution is 0.144. The maximum Gasteiger partial charge on any atom is 0.511 e. The quantitative estimate of drug-likeness (QED) is 0.386. The van der Waals surface area contributed by atoms with Crippen molar-refractivity contribution < 1.29 is 14.6 Å². The number of unbranched alkanes of at least 4 members (excludes halogenated alkanes) is 6. The number of benzene rings is 1. The maximum atomic E-state index is 10.4. The summed E-state index contributed by atoms with van der Waals surface area (Å²) in [6.45, 7) is 2.23. The second-order valence-corrected chi connectivity index (χ2v) is 4.89. The van der Waals surface area contributed by atoms with E-state index in [4.69, 9.17) is 5.11 Å². The van der Waals surface area contributed by atoms with Crippen molar-refractivity contribution in [3.8, 4) is 5.75 Å². The van der Waals surface area contributed by atoms with Crippen LogP contribution < -0.4 is 4.74 Å². The lowest BCUT2D eigenvalue weighted by atomic mass is 10.0. The van der Waals surface area contributed by atoms with Crippen LogP contribution in [0.25, 0.3) is 0 Å². The van der Waals surface area contributed by atoms with E-state index in [9.17, 15) is 4.79 Å². The van der Waals surface area contributed by atoms with Crippen LogP contribution >= 0.6 is 0 Å². The Morgan fingerprint density at radius 3 is 2.47 bits per heavy atom. The molecule has 19 heavy (non-hydrogen) atoms. The van der Waals surface area contributed by atoms with Crippen LogP contribution in [0.15, 0.2) is 24.3 Å². The minimum absolute atomic E-state index is 0.410. The molecule has 1 N–H and O–H groups in total. The Hall–Kier alpha value is -1.51. The highest BCUT2D eigenvalue weighted by Gasteiger charge is 2.01. The van der Waals surface area contributed by atoms with Crippen molar-refractivity contribution in [3.05, 3.63) is 29.8 Å². The van der Waals surface area contributed by atoms with Gasteiger partial charge in [-0.3, -0.25) is 0 Å². The standard InChI is InChI=1S/C16H24O3/c1-2-3-4-5-6-7-8-10-14-11-9-12-15(13-14)19-16(17)18/h9,11-13H,2-8,10H2,1H3,(H,17,18). The number of carbonyl (C=O) groups is 1. The molecular weight excluding hydrogens is 240 g/mol. The molecule has 1 aromatic carbocycles. The lowest BCUT2D eigenvalue weighted by Gasteiger charge is -2.04. The summed E-state index contributed by atoms with van der Waals surface area (Å²) in [5.41, 5.74) is 1.15. The summed E-state index contributed by atoms with van der Waals surface area (Å²) in [5.74, 6) is 0.410. The van der Waals surface area contributed by atoms with Gasteiger partial charge in [0.1, 0.15) is 5.75 Å². The third-order valence-corrected chi connectivity index (χ3v) is 3.17. The van der Waals surface area contributed by atoms with Crippen LogP contribution in [0, 0.1) is 0 Å². The zero-order valence-corrected chi connectivity index (χ0v) is 11.7. The normalized spacial score (nSPS) is 10.4. The average molecular weight is 264 g/mol. The first-order chi connectivity index (χ1) is 9.22. The monoisotopic (exact) mass is 264 g/mol. The van der Waals surface area contributed by atoms with Gasteiger partial charge in [-0.15, -0.1) is 0 Å². The number of carboxylic acid groups (broad SMARTS) is 1. The summed E-state index contributed by atoms with van der Waals surface area (Å²) in [6, 6.07) is 7.34. The van der Waals surface area contributed by atoms with Crippen LogP contribution in [0.3, 0.4) is 0 Å². The first-order valence-corrected chi connectivity index (χ1v) is 7.22. The summed E-state index contributed by atoms with van der Waals surface area (Å²) in [7, 11) is 0. The molecule has 0 heterocycles. The van der Waals surface area contributed by atoms with Crippen LogP contribution in [0.5, 0.6) is 5.75 Å². The van der Waals surface area contributed by atoms with Crippen LogP contribution in [0.1, 0.15) is 57.4 Å². The Kier molecular flexibility index (Phi) is 7.71. The van der Waals surface area contributed by atoms with E-state index in [1.807, 2.05) is 18.2 Å². The van der Waals surface area contributed by atoms with Gasteiger partial charge >= 0.3 is 6.16 Å². The Labute approximate surface area is 115 Å². The predicted molar refractivity (Wildman–Crippen MR) is 76.8 cm³/mol. The molecular formula is C16H24O3. The zero-order valence-electron chi connectivity index (χ0n) is 11.7. The molecule has 1 rings (SSSR count). The largest absolute Gasteiger partial charge is 0.511 e. The van der Waals surface area contributed by atoms with Crippen LogP contribution in [0.2, 0.25) is 0 Å². The van der Waals surface area contributed by atoms with Crippen molar-refractivity contribution >= 4 is 6.16 Å². The minimum atomic E-state index is -1.26. The second kappa shape index (κ2) is 9.42. The fourth-order valence-electron chi connectivity index (χ4n) is 2.15. The van der Waals surface area contributed by atoms with Gasteiger partial charge in [-0.1, -0.05) is 57.6 Å². The molecule has 0 atom stereocenters. The van der Waals surface area contributed by atoms with E-state index in [1.54, 1.807) is 6.07 Å². The van der Waals surface area contributed by atoms with Gasteiger partial charge in [0.25, 0.3) is 0 Å². The number of hydrogen-bond acceptors (Lipinski definition) is 2. The van der Waals surface area contributed by atoms with Crippen LogP contribution in [-0.2, 0) is 6.42 Å². The second-order valence-electron chi connectivity index (χ2n) is 4.89. The number of rotatable bonds is 9. The predicted octanol–water partition coefficient (Wildman–Crippen LogP) is 5.04. The van der Waals surface area contributed by atoms with E-state index >= 15 is 0 Å². The van der Waals surface area contributed by atoms with Crippen molar-refractivity contribution in [2.45, 2.75) is 58.3 Å². The molecule has 3 heteroatoms. The van der Waals surface area contributed by atoms with Gasteiger partial charge in [0, 0.05) is 0 Å². The topological polar surface area (TPSA) is 46.5 Å². The Morgan fingerprint density at radius 1 is 1.11 bits per heavy atom. The zero-order chi connectivity index (χ0) is 13.9. The first-order valence-electron chi connectivity index (χ1n) is 7.22. The molecule has 3 nitrogen and oxygen atoms in total. The third-order valence-electron chi connectivity index (χ3n) is 3.17. The fraction of sp³-hybridized carbons (Fsp3) is 0.562. The van der Waals surface area contributed by atoms with E-state index in [2.05, 4.69) is 11.7 Å². The average Bonchev–Trinajstić information content (AvgIpc) is 2.37. The van der Waals surface area contributed by atoms with Crippen molar-refractivity contribution in [2.75, 3.05) is 0 Å². The highest BCUT2D eigenvalue weighted by molar-refractivity contribution is 5.61. The molecule has 0 aromatic heterocycles. The van der Waals surface area contributed by atoms with Gasteiger partial charge < -0.3 is 9.84 Å². The maximum absolute atomic E-state index is 10.4. The molecule has 0 spiro atoms. The van der Waals surface area contributed by atoms with Crippen molar-refractivity contribution in [3.63, 3.8) is 0 Å². The van der Waals surface area contributed by atoms with Gasteiger partial charge in [0.05, 0.1) is 0 Å². The highest BCUT2D eigenvalue weighted by atomic mass is 16.7. The summed E-state index contributed by atoms with van der Waals surface area (Å²) < 4.78 is 4.64. The molecule has 0 amide bonds. The number of aryl methyl sites for hydroxylation is 1. The van der Waals surface area contributed by atoms with Crippen LogP contribution in [-0.4, -0.2) is 11.3 Å². The fourth-order valence-corrected chi connectivity index (χ4v) is 2.15. The van der Waals surface area contributed by atoms with Crippen LogP contribution in [0.4, 0.5) is 4.79 Å². The van der Waals surface area contributed by atoms with Crippen molar-refractivity contribution in [1.29, 1.82) is 0 Å². The Balaban J connectivity index is 2.20. The van der Waals surface area contributed by atoms with E-state index < -0.39 is 6.16 Å². The van der Waals surface area contributed by atoms with Gasteiger partial charge in [0.2, 0.25) is 0 Å².